The molecular formula is C29H35F6N3O6. The number of fused-ring (bicyclic) bond motifs is 1. The van der Waals surface area contributed by atoms with Crippen LogP contribution in [0.2, 0.25) is 0 Å². The van der Waals surface area contributed by atoms with Gasteiger partial charge in [0.15, 0.2) is 0 Å². The maximum Gasteiger partial charge on any atom is 0.490 e. The number of ether oxygens (including phenoxy) is 1. The third kappa shape index (κ3) is 11.0. The predicted molar refractivity (Wildman–Crippen MR) is 146 cm³/mol. The number of carbonyl (C=O) groups excluding carboxylic acids is 1. The highest BCUT2D eigenvalue weighted by Gasteiger charge is 2.44. The quantitative estimate of drug-likeness (QED) is 0.399. The van der Waals surface area contributed by atoms with Crippen LogP contribution < -0.4 is 4.74 Å². The molecular weight excluding hydrogens is 600 g/mol. The molecule has 0 bridgehead atoms. The summed E-state index contributed by atoms with van der Waals surface area (Å²) in [5.41, 5.74) is 2.35. The molecule has 2 N–H and O–H groups in total. The van der Waals surface area contributed by atoms with Crippen molar-refractivity contribution >= 4 is 17.8 Å². The lowest BCUT2D eigenvalue weighted by Gasteiger charge is -2.47. The topological polar surface area (TPSA) is 120 Å². The molecule has 9 nitrogen and oxygen atoms in total. The van der Waals surface area contributed by atoms with Crippen LogP contribution in [0.1, 0.15) is 56.6 Å². The van der Waals surface area contributed by atoms with Crippen LogP contribution in [0.25, 0.3) is 0 Å². The molecule has 3 heterocycles. The molecule has 2 aromatic rings. The fourth-order valence-electron chi connectivity index (χ4n) is 5.01. The van der Waals surface area contributed by atoms with Crippen molar-refractivity contribution in [1.29, 1.82) is 0 Å². The zero-order chi connectivity index (χ0) is 33.1. The predicted octanol–water partition coefficient (Wildman–Crippen LogP) is 5.51. The number of piperidine rings is 1. The summed E-state index contributed by atoms with van der Waals surface area (Å²) in [6.07, 6.45) is -2.94. The molecule has 0 saturated carbocycles. The molecule has 1 spiro atoms. The van der Waals surface area contributed by atoms with Crippen LogP contribution in [0.15, 0.2) is 48.8 Å². The molecule has 44 heavy (non-hydrogen) atoms. The second-order valence-corrected chi connectivity index (χ2v) is 10.2. The number of halogens is 6. The third-order valence-electron chi connectivity index (χ3n) is 7.25. The number of aliphatic carboxylic acids is 2. The number of rotatable bonds is 6. The van der Waals surface area contributed by atoms with Crippen molar-refractivity contribution < 1.29 is 55.7 Å². The minimum absolute atomic E-state index is 0.155. The highest BCUT2D eigenvalue weighted by molar-refractivity contribution is 5.77. The van der Waals surface area contributed by atoms with Crippen LogP contribution >= 0.6 is 0 Å². The first kappa shape index (κ1) is 36.3. The smallest absolute Gasteiger partial charge is 0.487 e. The van der Waals surface area contributed by atoms with Crippen LogP contribution in [0.4, 0.5) is 26.3 Å². The number of carbonyl (C=O) groups is 3. The van der Waals surface area contributed by atoms with E-state index in [-0.39, 0.29) is 17.4 Å². The van der Waals surface area contributed by atoms with Crippen LogP contribution in [0.5, 0.6) is 5.75 Å². The molecule has 1 fully saturated rings. The van der Waals surface area contributed by atoms with E-state index in [0.717, 1.165) is 57.7 Å². The lowest BCUT2D eigenvalue weighted by atomic mass is 9.76. The van der Waals surface area contributed by atoms with Gasteiger partial charge in [-0.15, -0.1) is 0 Å². The molecule has 1 aromatic heterocycles. The van der Waals surface area contributed by atoms with E-state index in [2.05, 4.69) is 54.1 Å². The maximum atomic E-state index is 12.9. The Labute approximate surface area is 250 Å². The van der Waals surface area contributed by atoms with Gasteiger partial charge < -0.3 is 19.8 Å². The van der Waals surface area contributed by atoms with E-state index in [9.17, 15) is 31.1 Å². The molecule has 15 heteroatoms. The van der Waals surface area contributed by atoms with Gasteiger partial charge in [0.1, 0.15) is 11.4 Å². The zero-order valence-electron chi connectivity index (χ0n) is 24.2. The van der Waals surface area contributed by atoms with Gasteiger partial charge in [0.2, 0.25) is 5.91 Å². The summed E-state index contributed by atoms with van der Waals surface area (Å²) in [4.78, 5) is 39.2. The minimum atomic E-state index is -5.08. The Morgan fingerprint density at radius 1 is 0.932 bits per heavy atom. The molecule has 1 saturated heterocycles. The zero-order valence-corrected chi connectivity index (χ0v) is 24.2. The SMILES string of the molecule is CCN(CC)C(=O)CC1CC2(CCN(Cc3ccncc3)CC2)Oc2ccccc21.O=C(O)C(F)(F)F.O=C(O)C(F)(F)F. The second kappa shape index (κ2) is 15.7. The molecule has 1 aromatic carbocycles. The summed E-state index contributed by atoms with van der Waals surface area (Å²) < 4.78 is 70.1. The first-order valence-corrected chi connectivity index (χ1v) is 13.8. The Morgan fingerprint density at radius 3 is 1.91 bits per heavy atom. The maximum absolute atomic E-state index is 12.9. The molecule has 0 aliphatic carbocycles. The van der Waals surface area contributed by atoms with E-state index in [1.165, 1.54) is 11.1 Å². The summed E-state index contributed by atoms with van der Waals surface area (Å²) >= 11 is 0. The fourth-order valence-corrected chi connectivity index (χ4v) is 5.01. The number of aromatic nitrogens is 1. The Hall–Kier alpha value is -3.88. The number of benzene rings is 1. The highest BCUT2D eigenvalue weighted by atomic mass is 19.4. The van der Waals surface area contributed by atoms with Crippen LogP contribution in [0, 0.1) is 0 Å². The van der Waals surface area contributed by atoms with E-state index in [0.29, 0.717) is 6.42 Å². The number of pyridine rings is 1. The third-order valence-corrected chi connectivity index (χ3v) is 7.25. The number of likely N-dealkylation sites (tertiary alicyclic amines) is 1. The minimum Gasteiger partial charge on any atom is -0.487 e. The summed E-state index contributed by atoms with van der Waals surface area (Å²) in [5.74, 6) is -4.05. The van der Waals surface area contributed by atoms with Crippen molar-refractivity contribution in [3.63, 3.8) is 0 Å². The monoisotopic (exact) mass is 635 g/mol. The van der Waals surface area contributed by atoms with Gasteiger partial charge in [0.05, 0.1) is 0 Å². The number of carboxylic acid groups (broad SMARTS) is 2. The van der Waals surface area contributed by atoms with Crippen molar-refractivity contribution in [1.82, 2.24) is 14.8 Å². The Balaban J connectivity index is 0.000000402. The number of alkyl halides is 6. The number of amides is 1. The van der Waals surface area contributed by atoms with Crippen LogP contribution in [0.3, 0.4) is 0 Å². The largest absolute Gasteiger partial charge is 0.490 e. The Kier molecular flexibility index (Phi) is 13.0. The Bertz CT molecular complexity index is 1210. The summed E-state index contributed by atoms with van der Waals surface area (Å²) in [5, 5.41) is 14.2. The van der Waals surface area contributed by atoms with Gasteiger partial charge in [0, 0.05) is 57.5 Å². The van der Waals surface area contributed by atoms with Crippen molar-refractivity contribution in [2.75, 3.05) is 26.2 Å². The molecule has 0 radical (unpaired) electrons. The molecule has 244 valence electrons. The summed E-state index contributed by atoms with van der Waals surface area (Å²) in [7, 11) is 0. The van der Waals surface area contributed by atoms with Gasteiger partial charge in [-0.2, -0.15) is 26.3 Å². The average Bonchev–Trinajstić information content (AvgIpc) is 2.95. The van der Waals surface area contributed by atoms with E-state index < -0.39 is 24.3 Å². The second-order valence-electron chi connectivity index (χ2n) is 10.2. The van der Waals surface area contributed by atoms with E-state index in [1.807, 2.05) is 23.4 Å². The number of para-hydroxylation sites is 1. The van der Waals surface area contributed by atoms with Crippen LogP contribution in [-0.4, -0.2) is 87.0 Å². The van der Waals surface area contributed by atoms with E-state index in [1.54, 1.807) is 0 Å². The number of hydrogen-bond acceptors (Lipinski definition) is 6. The first-order chi connectivity index (χ1) is 20.5. The normalized spacial score (nSPS) is 17.5. The summed E-state index contributed by atoms with van der Waals surface area (Å²) in [6, 6.07) is 12.5. The standard InChI is InChI=1S/C25H33N3O2.2C2HF3O2/c1-3-28(4-2)24(29)17-21-18-25(30-23-8-6-5-7-22(21)23)11-15-27(16-12-25)19-20-9-13-26-14-10-20;2*3-2(4,5)1(6)7/h5-10,13-14,21H,3-4,11-12,15-19H2,1-2H3;2*(H,6,7). The molecule has 4 rings (SSSR count). The van der Waals surface area contributed by atoms with Gasteiger partial charge in [-0.05, 0) is 62.4 Å². The molecule has 2 aliphatic heterocycles. The van der Waals surface area contributed by atoms with Gasteiger partial charge >= 0.3 is 24.3 Å². The summed E-state index contributed by atoms with van der Waals surface area (Å²) in [6.45, 7) is 8.64. The number of carboxylic acids is 2. The number of hydrogen-bond donors (Lipinski definition) is 2. The lowest BCUT2D eigenvalue weighted by molar-refractivity contribution is -0.193. The number of nitrogens with zero attached hydrogens (tertiary/aromatic N) is 3. The van der Waals surface area contributed by atoms with Gasteiger partial charge in [0.25, 0.3) is 0 Å². The lowest BCUT2D eigenvalue weighted by Crippen LogP contribution is -2.50. The van der Waals surface area contributed by atoms with Crippen molar-refractivity contribution in [2.45, 2.75) is 69.9 Å². The Morgan fingerprint density at radius 2 is 1.43 bits per heavy atom. The molecule has 1 atom stereocenters. The van der Waals surface area contributed by atoms with Crippen LogP contribution in [-0.2, 0) is 20.9 Å². The molecule has 1 amide bonds. The van der Waals surface area contributed by atoms with Gasteiger partial charge in [-0.25, -0.2) is 9.59 Å². The van der Waals surface area contributed by atoms with Crippen molar-refractivity contribution in [2.24, 2.45) is 0 Å². The molecule has 1 unspecified atom stereocenters. The van der Waals surface area contributed by atoms with E-state index in [4.69, 9.17) is 24.5 Å². The van der Waals surface area contributed by atoms with E-state index >= 15 is 0 Å². The van der Waals surface area contributed by atoms with Crippen molar-refractivity contribution in [3.05, 3.63) is 59.9 Å². The first-order valence-electron chi connectivity index (χ1n) is 13.8. The van der Waals surface area contributed by atoms with Gasteiger partial charge in [-0.1, -0.05) is 18.2 Å². The fraction of sp³-hybridized carbons (Fsp3) is 0.517. The molecule has 2 aliphatic rings. The average molecular weight is 636 g/mol. The van der Waals surface area contributed by atoms with Crippen molar-refractivity contribution in [3.8, 4) is 5.75 Å². The highest BCUT2D eigenvalue weighted by Crippen LogP contribution is 2.46. The van der Waals surface area contributed by atoms with Gasteiger partial charge in [-0.3, -0.25) is 14.7 Å².